The van der Waals surface area contributed by atoms with Crippen LogP contribution in [0.5, 0.6) is 0 Å². The van der Waals surface area contributed by atoms with Gasteiger partial charge in [0.1, 0.15) is 0 Å². The molecule has 0 bridgehead atoms. The van der Waals surface area contributed by atoms with Crippen molar-refractivity contribution < 1.29 is 9.90 Å². The number of carbonyl (C=O) groups is 1. The van der Waals surface area contributed by atoms with E-state index in [-0.39, 0.29) is 10.8 Å². The highest BCUT2D eigenvalue weighted by atomic mass is 16.3. The molecule has 1 N–H and O–H groups in total. The Hall–Kier alpha value is -0.630. The van der Waals surface area contributed by atoms with Gasteiger partial charge in [-0.25, -0.2) is 0 Å². The molecule has 2 nitrogen and oxygen atoms in total. The van der Waals surface area contributed by atoms with Gasteiger partial charge < -0.3 is 5.11 Å². The number of carbonyl (C=O) groups excluding carboxylic acids is 1. The van der Waals surface area contributed by atoms with Crippen LogP contribution >= 0.6 is 0 Å². The van der Waals surface area contributed by atoms with Crippen LogP contribution in [0.25, 0.3) is 0 Å². The van der Waals surface area contributed by atoms with E-state index in [4.69, 9.17) is 0 Å². The van der Waals surface area contributed by atoms with E-state index in [0.29, 0.717) is 24.0 Å². The van der Waals surface area contributed by atoms with Crippen molar-refractivity contribution in [2.75, 3.05) is 0 Å². The molecule has 2 rings (SSSR count). The monoisotopic (exact) mass is 334 g/mol. The van der Waals surface area contributed by atoms with Crippen molar-refractivity contribution in [3.05, 3.63) is 11.6 Å². The van der Waals surface area contributed by atoms with Gasteiger partial charge >= 0.3 is 0 Å². The fourth-order valence-electron chi connectivity index (χ4n) is 5.34. The van der Waals surface area contributed by atoms with Crippen LogP contribution in [0.4, 0.5) is 0 Å². The predicted octanol–water partition coefficient (Wildman–Crippen LogP) is 5.69. The first-order valence-corrected chi connectivity index (χ1v) is 9.97. The maximum atomic E-state index is 11.9. The standard InChI is InChI=1S/C22H38O2/c1-7-19-16(9-8-13-22(19,6)21(4,5)24)10-11-17-15-18(23)12-14-20(17,2)3/h15-16,19,24H,7-14H2,1-6H3. The van der Waals surface area contributed by atoms with Crippen molar-refractivity contribution in [1.29, 1.82) is 0 Å². The van der Waals surface area contributed by atoms with E-state index in [1.54, 1.807) is 0 Å². The molecule has 0 aromatic carbocycles. The lowest BCUT2D eigenvalue weighted by molar-refractivity contribution is -0.118. The van der Waals surface area contributed by atoms with Gasteiger partial charge in [-0.2, -0.15) is 0 Å². The van der Waals surface area contributed by atoms with E-state index < -0.39 is 5.60 Å². The minimum absolute atomic E-state index is 0.00303. The smallest absolute Gasteiger partial charge is 0.155 e. The number of ketones is 1. The second-order valence-electron chi connectivity index (χ2n) is 9.70. The average molecular weight is 335 g/mol. The molecule has 2 heteroatoms. The molecule has 24 heavy (non-hydrogen) atoms. The Morgan fingerprint density at radius 2 is 1.92 bits per heavy atom. The molecular weight excluding hydrogens is 296 g/mol. The van der Waals surface area contributed by atoms with Crippen molar-refractivity contribution in [3.8, 4) is 0 Å². The quantitative estimate of drug-likeness (QED) is 0.701. The number of hydrogen-bond acceptors (Lipinski definition) is 2. The Bertz CT molecular complexity index is 495. The highest BCUT2D eigenvalue weighted by Gasteiger charge is 2.49. The minimum Gasteiger partial charge on any atom is -0.390 e. The van der Waals surface area contributed by atoms with Gasteiger partial charge in [0.2, 0.25) is 0 Å². The maximum absolute atomic E-state index is 11.9. The molecule has 0 aromatic rings. The van der Waals surface area contributed by atoms with Crippen molar-refractivity contribution in [2.45, 2.75) is 98.5 Å². The minimum atomic E-state index is -0.633. The Morgan fingerprint density at radius 3 is 2.50 bits per heavy atom. The predicted molar refractivity (Wildman–Crippen MR) is 101 cm³/mol. The van der Waals surface area contributed by atoms with Crippen LogP contribution < -0.4 is 0 Å². The highest BCUT2D eigenvalue weighted by Crippen LogP contribution is 2.53. The summed E-state index contributed by atoms with van der Waals surface area (Å²) in [7, 11) is 0. The number of allylic oxidation sites excluding steroid dienone is 2. The number of hydrogen-bond donors (Lipinski definition) is 1. The van der Waals surface area contributed by atoms with Crippen molar-refractivity contribution in [1.82, 2.24) is 0 Å². The van der Waals surface area contributed by atoms with Crippen LogP contribution in [0.15, 0.2) is 11.6 Å². The molecule has 138 valence electrons. The van der Waals surface area contributed by atoms with Gasteiger partial charge in [0.05, 0.1) is 5.60 Å². The van der Waals surface area contributed by atoms with Crippen LogP contribution in [0.3, 0.4) is 0 Å². The first-order valence-electron chi connectivity index (χ1n) is 9.97. The molecule has 0 radical (unpaired) electrons. The zero-order chi connectivity index (χ0) is 18.2. The molecule has 2 aliphatic rings. The topological polar surface area (TPSA) is 37.3 Å². The molecule has 2 aliphatic carbocycles. The molecule has 3 atom stereocenters. The second kappa shape index (κ2) is 6.94. The summed E-state index contributed by atoms with van der Waals surface area (Å²) in [5, 5.41) is 10.8. The zero-order valence-electron chi connectivity index (χ0n) is 16.7. The third-order valence-electron chi connectivity index (χ3n) is 7.48. The van der Waals surface area contributed by atoms with E-state index in [0.717, 1.165) is 32.1 Å². The van der Waals surface area contributed by atoms with Gasteiger partial charge in [0.25, 0.3) is 0 Å². The van der Waals surface area contributed by atoms with Gasteiger partial charge in [-0.1, -0.05) is 52.5 Å². The van der Waals surface area contributed by atoms with E-state index in [2.05, 4.69) is 27.7 Å². The first-order chi connectivity index (χ1) is 11.0. The molecular formula is C22H38O2. The number of rotatable bonds is 5. The van der Waals surface area contributed by atoms with Crippen LogP contribution in [0, 0.1) is 22.7 Å². The summed E-state index contributed by atoms with van der Waals surface area (Å²) < 4.78 is 0. The fourth-order valence-corrected chi connectivity index (χ4v) is 5.34. The molecule has 0 heterocycles. The van der Waals surface area contributed by atoms with Crippen LogP contribution in [-0.4, -0.2) is 16.5 Å². The molecule has 0 aromatic heterocycles. The first kappa shape index (κ1) is 19.7. The van der Waals surface area contributed by atoms with Gasteiger partial charge in [0, 0.05) is 6.42 Å². The van der Waals surface area contributed by atoms with Crippen LogP contribution in [-0.2, 0) is 4.79 Å². The molecule has 1 fully saturated rings. The Balaban J connectivity index is 2.13. The van der Waals surface area contributed by atoms with Gasteiger partial charge in [-0.3, -0.25) is 4.79 Å². The second-order valence-corrected chi connectivity index (χ2v) is 9.70. The molecule has 1 saturated carbocycles. The zero-order valence-corrected chi connectivity index (χ0v) is 16.7. The van der Waals surface area contributed by atoms with E-state index in [9.17, 15) is 9.90 Å². The summed E-state index contributed by atoms with van der Waals surface area (Å²) in [6.45, 7) is 13.1. The molecule has 0 aliphatic heterocycles. The summed E-state index contributed by atoms with van der Waals surface area (Å²) in [6, 6.07) is 0. The SMILES string of the molecule is CCC1C(CCC2=CC(=O)CCC2(C)C)CCCC1(C)C(C)(C)O. The Labute approximate surface area is 149 Å². The maximum Gasteiger partial charge on any atom is 0.155 e. The van der Waals surface area contributed by atoms with Crippen LogP contribution in [0.1, 0.15) is 92.9 Å². The molecule has 0 saturated heterocycles. The lowest BCUT2D eigenvalue weighted by atomic mass is 9.54. The van der Waals surface area contributed by atoms with Crippen LogP contribution in [0.2, 0.25) is 0 Å². The van der Waals surface area contributed by atoms with Crippen molar-refractivity contribution >= 4 is 5.78 Å². The van der Waals surface area contributed by atoms with Gasteiger partial charge in [0.15, 0.2) is 5.78 Å². The average Bonchev–Trinajstić information content (AvgIpc) is 2.47. The van der Waals surface area contributed by atoms with Gasteiger partial charge in [-0.05, 0) is 68.3 Å². The largest absolute Gasteiger partial charge is 0.390 e. The summed E-state index contributed by atoms with van der Waals surface area (Å²) in [4.78, 5) is 11.9. The van der Waals surface area contributed by atoms with Crippen molar-refractivity contribution in [2.24, 2.45) is 22.7 Å². The normalized spacial score (nSPS) is 34.1. The van der Waals surface area contributed by atoms with Crippen molar-refractivity contribution in [3.63, 3.8) is 0 Å². The third kappa shape index (κ3) is 3.79. The summed E-state index contributed by atoms with van der Waals surface area (Å²) in [5.74, 6) is 1.53. The van der Waals surface area contributed by atoms with E-state index in [1.165, 1.54) is 18.4 Å². The summed E-state index contributed by atoms with van der Waals surface area (Å²) in [6.07, 6.45) is 10.6. The molecule has 0 spiro atoms. The molecule has 3 unspecified atom stereocenters. The highest BCUT2D eigenvalue weighted by molar-refractivity contribution is 5.91. The van der Waals surface area contributed by atoms with Gasteiger partial charge in [-0.15, -0.1) is 0 Å². The van der Waals surface area contributed by atoms with E-state index in [1.807, 2.05) is 19.9 Å². The summed E-state index contributed by atoms with van der Waals surface area (Å²) in [5.41, 5.74) is 0.885. The molecule has 0 amide bonds. The lowest BCUT2D eigenvalue weighted by Gasteiger charge is -2.53. The Morgan fingerprint density at radius 1 is 1.25 bits per heavy atom. The summed E-state index contributed by atoms with van der Waals surface area (Å²) >= 11 is 0. The number of aliphatic hydroxyl groups is 1. The van der Waals surface area contributed by atoms with E-state index >= 15 is 0 Å². The fraction of sp³-hybridized carbons (Fsp3) is 0.864. The third-order valence-corrected chi connectivity index (χ3v) is 7.48. The lowest BCUT2D eigenvalue weighted by Crippen LogP contribution is -2.51. The Kier molecular flexibility index (Phi) is 5.69.